The van der Waals surface area contributed by atoms with Crippen LogP contribution >= 0.6 is 0 Å². The first-order valence-electron chi connectivity index (χ1n) is 9.46. The number of rotatable bonds is 16. The molecule has 7 nitrogen and oxygen atoms in total. The third-order valence-electron chi connectivity index (χ3n) is 4.61. The SMILES string of the molecule is CO[Si](CCCCCCCCCCCCn1cnc(N)n1)(OC)OC. The number of hydrogen-bond donors (Lipinski definition) is 1. The fourth-order valence-electron chi connectivity index (χ4n) is 3.00. The molecule has 0 unspecified atom stereocenters. The van der Waals surface area contributed by atoms with Crippen molar-refractivity contribution in [2.45, 2.75) is 76.8 Å². The Labute approximate surface area is 153 Å². The minimum Gasteiger partial charge on any atom is -0.377 e. The van der Waals surface area contributed by atoms with Gasteiger partial charge in [0.2, 0.25) is 5.95 Å². The molecule has 0 aliphatic carbocycles. The highest BCUT2D eigenvalue weighted by Gasteiger charge is 2.36. The van der Waals surface area contributed by atoms with Crippen molar-refractivity contribution in [3.05, 3.63) is 6.33 Å². The summed E-state index contributed by atoms with van der Waals surface area (Å²) in [6, 6.07) is 0.911. The first kappa shape index (κ1) is 22.1. The van der Waals surface area contributed by atoms with E-state index >= 15 is 0 Å². The summed E-state index contributed by atoms with van der Waals surface area (Å²) in [6.45, 7) is 0.916. The average Bonchev–Trinajstić information content (AvgIpc) is 3.05. The van der Waals surface area contributed by atoms with Crippen LogP contribution in [0.3, 0.4) is 0 Å². The maximum absolute atomic E-state index is 5.49. The highest BCUT2D eigenvalue weighted by atomic mass is 28.4. The highest BCUT2D eigenvalue weighted by molar-refractivity contribution is 6.60. The normalized spacial score (nSPS) is 12.0. The Bertz CT molecular complexity index is 433. The van der Waals surface area contributed by atoms with Crippen LogP contribution in [0, 0.1) is 0 Å². The maximum Gasteiger partial charge on any atom is 0.500 e. The molecule has 0 aliphatic rings. The lowest BCUT2D eigenvalue weighted by molar-refractivity contribution is 0.122. The third-order valence-corrected chi connectivity index (χ3v) is 7.44. The van der Waals surface area contributed by atoms with Crippen LogP contribution in [0.15, 0.2) is 6.33 Å². The van der Waals surface area contributed by atoms with Crippen LogP contribution in [0.2, 0.25) is 6.04 Å². The minimum atomic E-state index is -2.35. The molecular weight excluding hydrogens is 336 g/mol. The predicted octanol–water partition coefficient (Wildman–Crippen LogP) is 3.64. The van der Waals surface area contributed by atoms with Gasteiger partial charge < -0.3 is 19.0 Å². The smallest absolute Gasteiger partial charge is 0.377 e. The van der Waals surface area contributed by atoms with Gasteiger partial charge in [0.25, 0.3) is 0 Å². The van der Waals surface area contributed by atoms with Gasteiger partial charge in [-0.15, -0.1) is 5.10 Å². The van der Waals surface area contributed by atoms with Gasteiger partial charge in [0.05, 0.1) is 0 Å². The Kier molecular flexibility index (Phi) is 11.7. The van der Waals surface area contributed by atoms with E-state index in [2.05, 4.69) is 10.1 Å². The second-order valence-electron chi connectivity index (χ2n) is 6.45. The Morgan fingerprint density at radius 2 is 1.32 bits per heavy atom. The summed E-state index contributed by atoms with van der Waals surface area (Å²) < 4.78 is 18.1. The third kappa shape index (κ3) is 9.34. The Morgan fingerprint density at radius 1 is 0.840 bits per heavy atom. The van der Waals surface area contributed by atoms with Gasteiger partial charge in [-0.25, -0.2) is 4.98 Å². The van der Waals surface area contributed by atoms with E-state index in [0.717, 1.165) is 25.4 Å². The van der Waals surface area contributed by atoms with Crippen molar-refractivity contribution < 1.29 is 13.3 Å². The summed E-state index contributed by atoms with van der Waals surface area (Å²) in [7, 11) is 2.69. The van der Waals surface area contributed by atoms with E-state index in [1.54, 1.807) is 27.7 Å². The molecule has 0 atom stereocenters. The van der Waals surface area contributed by atoms with Crippen LogP contribution in [0.4, 0.5) is 5.95 Å². The molecule has 8 heteroatoms. The topological polar surface area (TPSA) is 84.4 Å². The van der Waals surface area contributed by atoms with Crippen molar-refractivity contribution in [2.24, 2.45) is 0 Å². The molecule has 0 radical (unpaired) electrons. The number of aryl methyl sites for hydroxylation is 1. The van der Waals surface area contributed by atoms with Crippen LogP contribution in [0.1, 0.15) is 64.2 Å². The van der Waals surface area contributed by atoms with Gasteiger partial charge in [-0.3, -0.25) is 4.68 Å². The molecule has 0 saturated heterocycles. The van der Waals surface area contributed by atoms with E-state index < -0.39 is 8.80 Å². The molecule has 2 N–H and O–H groups in total. The van der Waals surface area contributed by atoms with Gasteiger partial charge in [0.1, 0.15) is 6.33 Å². The van der Waals surface area contributed by atoms with E-state index in [9.17, 15) is 0 Å². The van der Waals surface area contributed by atoms with Crippen LogP contribution in [0.25, 0.3) is 0 Å². The minimum absolute atomic E-state index is 0.361. The zero-order valence-corrected chi connectivity index (χ0v) is 17.2. The Hall–Kier alpha value is -0.963. The summed E-state index contributed by atoms with van der Waals surface area (Å²) in [6.07, 6.45) is 14.3. The zero-order valence-electron chi connectivity index (χ0n) is 16.2. The molecule has 0 aromatic carbocycles. The lowest BCUT2D eigenvalue weighted by Gasteiger charge is -2.24. The van der Waals surface area contributed by atoms with E-state index in [0.29, 0.717) is 5.95 Å². The molecule has 1 rings (SSSR count). The molecule has 0 amide bonds. The first-order valence-corrected chi connectivity index (χ1v) is 11.4. The second kappa shape index (κ2) is 13.3. The molecule has 1 aromatic rings. The van der Waals surface area contributed by atoms with Gasteiger partial charge >= 0.3 is 8.80 Å². The van der Waals surface area contributed by atoms with Crippen molar-refractivity contribution in [3.63, 3.8) is 0 Å². The van der Waals surface area contributed by atoms with Crippen molar-refractivity contribution in [1.82, 2.24) is 14.8 Å². The van der Waals surface area contributed by atoms with Gasteiger partial charge in [-0.2, -0.15) is 0 Å². The second-order valence-corrected chi connectivity index (χ2v) is 9.54. The summed E-state index contributed by atoms with van der Waals surface area (Å²) in [5, 5.41) is 4.09. The zero-order chi connectivity index (χ0) is 18.4. The highest BCUT2D eigenvalue weighted by Crippen LogP contribution is 2.18. The molecule has 1 aromatic heterocycles. The molecule has 0 saturated carbocycles. The predicted molar refractivity (Wildman–Crippen MR) is 102 cm³/mol. The number of anilines is 1. The lowest BCUT2D eigenvalue weighted by atomic mass is 10.1. The van der Waals surface area contributed by atoms with Crippen LogP contribution in [-0.4, -0.2) is 44.9 Å². The van der Waals surface area contributed by atoms with Crippen molar-refractivity contribution in [3.8, 4) is 0 Å². The molecule has 1 heterocycles. The molecule has 25 heavy (non-hydrogen) atoms. The van der Waals surface area contributed by atoms with Gasteiger partial charge in [0, 0.05) is 33.9 Å². The van der Waals surface area contributed by atoms with E-state index in [1.165, 1.54) is 51.4 Å². The summed E-state index contributed by atoms with van der Waals surface area (Å²) >= 11 is 0. The fraction of sp³-hybridized carbons (Fsp3) is 0.882. The van der Waals surface area contributed by atoms with E-state index in [1.807, 2.05) is 4.68 Å². The van der Waals surface area contributed by atoms with E-state index in [-0.39, 0.29) is 0 Å². The number of unbranched alkanes of at least 4 members (excludes halogenated alkanes) is 9. The van der Waals surface area contributed by atoms with Crippen LogP contribution < -0.4 is 5.73 Å². The Morgan fingerprint density at radius 3 is 1.76 bits per heavy atom. The molecule has 0 fully saturated rings. The van der Waals surface area contributed by atoms with Crippen LogP contribution in [-0.2, 0) is 19.8 Å². The number of nitrogens with zero attached hydrogens (tertiary/aromatic N) is 3. The number of nitrogens with two attached hydrogens (primary N) is 1. The number of nitrogen functional groups attached to an aromatic ring is 1. The fourth-order valence-corrected chi connectivity index (χ4v) is 4.80. The van der Waals surface area contributed by atoms with Crippen molar-refractivity contribution >= 4 is 14.8 Å². The van der Waals surface area contributed by atoms with Crippen molar-refractivity contribution in [1.29, 1.82) is 0 Å². The van der Waals surface area contributed by atoms with Gasteiger partial charge in [0.15, 0.2) is 0 Å². The number of hydrogen-bond acceptors (Lipinski definition) is 6. The summed E-state index contributed by atoms with van der Waals surface area (Å²) in [4.78, 5) is 3.93. The quantitative estimate of drug-likeness (QED) is 0.352. The number of aromatic nitrogens is 3. The average molecular weight is 373 g/mol. The molecule has 0 bridgehead atoms. The standard InChI is InChI=1S/C17H36N4O3Si/c1-22-25(23-2,24-3)15-13-11-9-7-5-4-6-8-10-12-14-21-16-19-17(18)20-21/h16H,4-15H2,1-3H3,(H2,18,20). The van der Waals surface area contributed by atoms with Crippen LogP contribution in [0.5, 0.6) is 0 Å². The molecular formula is C17H36N4O3Si. The largest absolute Gasteiger partial charge is 0.500 e. The maximum atomic E-state index is 5.49. The van der Waals surface area contributed by atoms with Crippen molar-refractivity contribution in [2.75, 3.05) is 27.1 Å². The lowest BCUT2D eigenvalue weighted by Crippen LogP contribution is -2.42. The van der Waals surface area contributed by atoms with Gasteiger partial charge in [-0.1, -0.05) is 51.4 Å². The summed E-state index contributed by atoms with van der Waals surface area (Å²) in [5.41, 5.74) is 5.49. The molecule has 0 spiro atoms. The van der Waals surface area contributed by atoms with Gasteiger partial charge in [-0.05, 0) is 12.8 Å². The first-order chi connectivity index (χ1) is 12.2. The monoisotopic (exact) mass is 372 g/mol. The summed E-state index contributed by atoms with van der Waals surface area (Å²) in [5.74, 6) is 0.361. The Balaban J connectivity index is 1.85. The molecule has 146 valence electrons. The van der Waals surface area contributed by atoms with E-state index in [4.69, 9.17) is 19.0 Å². The molecule has 0 aliphatic heterocycles.